The molecular formula is C14H20FNO. The van der Waals surface area contributed by atoms with E-state index in [9.17, 15) is 4.39 Å². The highest BCUT2D eigenvalue weighted by Gasteiger charge is 2.34. The summed E-state index contributed by atoms with van der Waals surface area (Å²) in [6.07, 6.45) is 5.34. The monoisotopic (exact) mass is 237 g/mol. The first-order valence-electron chi connectivity index (χ1n) is 6.32. The van der Waals surface area contributed by atoms with Crippen molar-refractivity contribution in [3.8, 4) is 0 Å². The van der Waals surface area contributed by atoms with Crippen molar-refractivity contribution >= 4 is 0 Å². The van der Waals surface area contributed by atoms with E-state index in [0.717, 1.165) is 31.2 Å². The quantitative estimate of drug-likeness (QED) is 0.848. The maximum Gasteiger partial charge on any atom is 0.127 e. The molecule has 0 bridgehead atoms. The van der Waals surface area contributed by atoms with Crippen LogP contribution in [0.25, 0.3) is 0 Å². The molecule has 3 N–H and O–H groups in total. The number of aliphatic hydroxyl groups is 1. The maximum absolute atomic E-state index is 14.0. The predicted octanol–water partition coefficient (Wildman–Crippen LogP) is 2.48. The second-order valence-corrected chi connectivity index (χ2v) is 5.02. The molecule has 1 aromatic carbocycles. The summed E-state index contributed by atoms with van der Waals surface area (Å²) >= 11 is 0. The van der Waals surface area contributed by atoms with Crippen molar-refractivity contribution in [2.75, 3.05) is 6.54 Å². The van der Waals surface area contributed by atoms with E-state index >= 15 is 0 Å². The topological polar surface area (TPSA) is 46.2 Å². The minimum Gasteiger partial charge on any atom is -0.392 e. The van der Waals surface area contributed by atoms with Crippen LogP contribution in [0.5, 0.6) is 0 Å². The normalized spacial score (nSPS) is 19.2. The fourth-order valence-corrected chi connectivity index (χ4v) is 2.89. The molecule has 0 spiro atoms. The van der Waals surface area contributed by atoms with Crippen LogP contribution in [-0.4, -0.2) is 11.7 Å². The van der Waals surface area contributed by atoms with Crippen molar-refractivity contribution in [2.24, 2.45) is 5.73 Å². The predicted molar refractivity (Wildman–Crippen MR) is 66.1 cm³/mol. The molecule has 0 heterocycles. The number of hydrogen-bond donors (Lipinski definition) is 2. The van der Waals surface area contributed by atoms with E-state index in [1.165, 1.54) is 12.5 Å². The van der Waals surface area contributed by atoms with Gasteiger partial charge in [0.05, 0.1) is 6.61 Å². The Morgan fingerprint density at radius 3 is 2.53 bits per heavy atom. The maximum atomic E-state index is 14.0. The number of nitrogens with two attached hydrogens (primary N) is 1. The van der Waals surface area contributed by atoms with E-state index in [1.54, 1.807) is 12.1 Å². The molecule has 0 atom stereocenters. The third kappa shape index (κ3) is 2.35. The summed E-state index contributed by atoms with van der Waals surface area (Å²) in [5.41, 5.74) is 7.15. The van der Waals surface area contributed by atoms with Gasteiger partial charge in [0.15, 0.2) is 0 Å². The molecule has 1 aliphatic carbocycles. The van der Waals surface area contributed by atoms with Crippen molar-refractivity contribution in [1.82, 2.24) is 0 Å². The van der Waals surface area contributed by atoms with E-state index in [2.05, 4.69) is 0 Å². The zero-order valence-electron chi connectivity index (χ0n) is 10.1. The lowest BCUT2D eigenvalue weighted by Crippen LogP contribution is -2.38. The smallest absolute Gasteiger partial charge is 0.127 e. The average molecular weight is 237 g/mol. The van der Waals surface area contributed by atoms with Gasteiger partial charge in [-0.15, -0.1) is 0 Å². The fourth-order valence-electron chi connectivity index (χ4n) is 2.89. The zero-order chi connectivity index (χ0) is 12.3. The highest BCUT2D eigenvalue weighted by molar-refractivity contribution is 5.32. The summed E-state index contributed by atoms with van der Waals surface area (Å²) in [5, 5.41) is 9.15. The van der Waals surface area contributed by atoms with E-state index in [-0.39, 0.29) is 17.8 Å². The Balaban J connectivity index is 2.41. The van der Waals surface area contributed by atoms with E-state index < -0.39 is 0 Å². The van der Waals surface area contributed by atoms with Gasteiger partial charge in [0.1, 0.15) is 5.82 Å². The van der Waals surface area contributed by atoms with Crippen LogP contribution in [0.2, 0.25) is 0 Å². The van der Waals surface area contributed by atoms with Crippen LogP contribution in [0.1, 0.15) is 43.2 Å². The highest BCUT2D eigenvalue weighted by atomic mass is 19.1. The first kappa shape index (κ1) is 12.5. The highest BCUT2D eigenvalue weighted by Crippen LogP contribution is 2.40. The first-order valence-corrected chi connectivity index (χ1v) is 6.32. The number of benzene rings is 1. The molecule has 1 saturated carbocycles. The largest absolute Gasteiger partial charge is 0.392 e. The van der Waals surface area contributed by atoms with Crippen molar-refractivity contribution in [3.63, 3.8) is 0 Å². The SMILES string of the molecule is NCC1(c2cc(CO)ccc2F)CCCCC1. The summed E-state index contributed by atoms with van der Waals surface area (Å²) < 4.78 is 14.0. The molecule has 1 fully saturated rings. The molecule has 0 aromatic heterocycles. The molecule has 0 aliphatic heterocycles. The van der Waals surface area contributed by atoms with Crippen LogP contribution < -0.4 is 5.73 Å². The Bertz CT molecular complexity index is 386. The Kier molecular flexibility index (Phi) is 3.79. The van der Waals surface area contributed by atoms with Gasteiger partial charge in [0, 0.05) is 12.0 Å². The first-order chi connectivity index (χ1) is 8.22. The van der Waals surface area contributed by atoms with Crippen molar-refractivity contribution in [2.45, 2.75) is 44.1 Å². The second kappa shape index (κ2) is 5.15. The van der Waals surface area contributed by atoms with Gasteiger partial charge < -0.3 is 10.8 Å². The van der Waals surface area contributed by atoms with Gasteiger partial charge in [-0.1, -0.05) is 25.3 Å². The minimum atomic E-state index is -0.215. The van der Waals surface area contributed by atoms with E-state index in [1.807, 2.05) is 0 Å². The lowest BCUT2D eigenvalue weighted by Gasteiger charge is -2.37. The van der Waals surface area contributed by atoms with Crippen LogP contribution in [0.4, 0.5) is 4.39 Å². The van der Waals surface area contributed by atoms with Gasteiger partial charge in [-0.25, -0.2) is 4.39 Å². The molecule has 0 saturated heterocycles. The molecule has 3 heteroatoms. The molecule has 2 rings (SSSR count). The third-order valence-electron chi connectivity index (χ3n) is 3.99. The van der Waals surface area contributed by atoms with Crippen LogP contribution >= 0.6 is 0 Å². The van der Waals surface area contributed by atoms with Crippen molar-refractivity contribution in [1.29, 1.82) is 0 Å². The third-order valence-corrected chi connectivity index (χ3v) is 3.99. The molecule has 94 valence electrons. The molecule has 1 aliphatic rings. The Morgan fingerprint density at radius 2 is 1.94 bits per heavy atom. The lowest BCUT2D eigenvalue weighted by atomic mass is 9.69. The van der Waals surface area contributed by atoms with Gasteiger partial charge >= 0.3 is 0 Å². The van der Waals surface area contributed by atoms with E-state index in [4.69, 9.17) is 10.8 Å². The summed E-state index contributed by atoms with van der Waals surface area (Å²) in [4.78, 5) is 0. The van der Waals surface area contributed by atoms with Gasteiger partial charge in [0.2, 0.25) is 0 Å². The fraction of sp³-hybridized carbons (Fsp3) is 0.571. The van der Waals surface area contributed by atoms with Gasteiger partial charge in [-0.3, -0.25) is 0 Å². The number of halogens is 1. The lowest BCUT2D eigenvalue weighted by molar-refractivity contribution is 0.276. The van der Waals surface area contributed by atoms with Crippen molar-refractivity contribution in [3.05, 3.63) is 35.1 Å². The van der Waals surface area contributed by atoms with Crippen LogP contribution in [0.3, 0.4) is 0 Å². The zero-order valence-corrected chi connectivity index (χ0v) is 10.1. The molecule has 0 radical (unpaired) electrons. The number of hydrogen-bond acceptors (Lipinski definition) is 2. The summed E-state index contributed by atoms with van der Waals surface area (Å²) in [6.45, 7) is 0.437. The molecule has 2 nitrogen and oxygen atoms in total. The van der Waals surface area contributed by atoms with Crippen LogP contribution in [0.15, 0.2) is 18.2 Å². The van der Waals surface area contributed by atoms with Crippen LogP contribution in [0, 0.1) is 5.82 Å². The summed E-state index contributed by atoms with van der Waals surface area (Å²) in [5.74, 6) is -0.186. The summed E-state index contributed by atoms with van der Waals surface area (Å²) in [6, 6.07) is 4.87. The molecule has 1 aromatic rings. The molecule has 0 amide bonds. The van der Waals surface area contributed by atoms with Crippen molar-refractivity contribution < 1.29 is 9.50 Å². The molecule has 17 heavy (non-hydrogen) atoms. The average Bonchev–Trinajstić information content (AvgIpc) is 2.40. The Morgan fingerprint density at radius 1 is 1.24 bits per heavy atom. The van der Waals surface area contributed by atoms with Crippen LogP contribution in [-0.2, 0) is 12.0 Å². The summed E-state index contributed by atoms with van der Waals surface area (Å²) in [7, 11) is 0. The standard InChI is InChI=1S/C14H20FNO/c15-13-5-4-11(9-17)8-12(13)14(10-16)6-2-1-3-7-14/h4-5,8,17H,1-3,6-7,9-10,16H2. The second-order valence-electron chi connectivity index (χ2n) is 5.02. The van der Waals surface area contributed by atoms with Gasteiger partial charge in [-0.2, -0.15) is 0 Å². The Labute approximate surface area is 102 Å². The molecule has 0 unspecified atom stereocenters. The number of rotatable bonds is 3. The van der Waals surface area contributed by atoms with Gasteiger partial charge in [-0.05, 0) is 36.1 Å². The minimum absolute atomic E-state index is 0.0477. The Hall–Kier alpha value is -0.930. The molecular weight excluding hydrogens is 217 g/mol. The number of aliphatic hydroxyl groups excluding tert-OH is 1. The van der Waals surface area contributed by atoms with E-state index in [0.29, 0.717) is 12.1 Å². The van der Waals surface area contributed by atoms with Gasteiger partial charge in [0.25, 0.3) is 0 Å².